The number of hydrogen-bond donors (Lipinski definition) is 0. The van der Waals surface area contributed by atoms with Crippen LogP contribution in [-0.2, 0) is 4.79 Å². The molecule has 0 radical (unpaired) electrons. The first-order chi connectivity index (χ1) is 7.15. The molecule has 0 heterocycles. The fourth-order valence-corrected chi connectivity index (χ4v) is 1.76. The molecule has 78 valence electrons. The Balaban J connectivity index is 2.40. The van der Waals surface area contributed by atoms with E-state index in [4.69, 9.17) is 0 Å². The summed E-state index contributed by atoms with van der Waals surface area (Å²) in [5.41, 5.74) is 1.20. The summed E-state index contributed by atoms with van der Waals surface area (Å²) in [6.45, 7) is 0. The van der Waals surface area contributed by atoms with Crippen molar-refractivity contribution in [2.45, 2.75) is 19.3 Å². The van der Waals surface area contributed by atoms with E-state index in [1.165, 1.54) is 18.2 Å². The predicted molar refractivity (Wildman–Crippen MR) is 53.2 cm³/mol. The topological polar surface area (TPSA) is 17.1 Å². The molecule has 0 saturated heterocycles. The van der Waals surface area contributed by atoms with Crippen LogP contribution >= 0.6 is 0 Å². The quantitative estimate of drug-likeness (QED) is 0.693. The van der Waals surface area contributed by atoms with Crippen molar-refractivity contribution < 1.29 is 13.6 Å². The van der Waals surface area contributed by atoms with Crippen molar-refractivity contribution in [2.24, 2.45) is 0 Å². The zero-order chi connectivity index (χ0) is 10.8. The molecule has 0 spiro atoms. The van der Waals surface area contributed by atoms with Crippen LogP contribution in [0.2, 0.25) is 0 Å². The largest absolute Gasteiger partial charge is 0.295 e. The number of hydrogen-bond acceptors (Lipinski definition) is 1. The number of ketones is 1. The highest BCUT2D eigenvalue weighted by atomic mass is 19.1. The predicted octanol–water partition coefficient (Wildman–Crippen LogP) is 3.10. The molecule has 3 heteroatoms. The van der Waals surface area contributed by atoms with E-state index in [9.17, 15) is 13.6 Å². The van der Waals surface area contributed by atoms with Gasteiger partial charge in [-0.25, -0.2) is 8.78 Å². The first-order valence-electron chi connectivity index (χ1n) is 4.85. The van der Waals surface area contributed by atoms with Gasteiger partial charge in [-0.2, -0.15) is 0 Å². The third kappa shape index (κ3) is 2.29. The van der Waals surface area contributed by atoms with Gasteiger partial charge >= 0.3 is 0 Å². The van der Waals surface area contributed by atoms with Gasteiger partial charge in [-0.3, -0.25) is 4.79 Å². The van der Waals surface area contributed by atoms with Crippen molar-refractivity contribution >= 4 is 11.4 Å². The molecule has 0 N–H and O–H groups in total. The van der Waals surface area contributed by atoms with Crippen molar-refractivity contribution in [2.75, 3.05) is 0 Å². The van der Waals surface area contributed by atoms with E-state index < -0.39 is 11.6 Å². The molecule has 0 aromatic heterocycles. The average molecular weight is 208 g/mol. The van der Waals surface area contributed by atoms with Gasteiger partial charge in [0.05, 0.1) is 0 Å². The first kappa shape index (κ1) is 10.0. The van der Waals surface area contributed by atoms with Crippen LogP contribution in [0.5, 0.6) is 0 Å². The van der Waals surface area contributed by atoms with Crippen LogP contribution in [-0.4, -0.2) is 5.78 Å². The van der Waals surface area contributed by atoms with E-state index in [0.717, 1.165) is 18.1 Å². The molecule has 0 unspecified atom stereocenters. The van der Waals surface area contributed by atoms with Gasteiger partial charge in [-0.1, -0.05) is 0 Å². The van der Waals surface area contributed by atoms with Crippen LogP contribution in [0.3, 0.4) is 0 Å². The van der Waals surface area contributed by atoms with E-state index in [0.29, 0.717) is 18.4 Å². The highest BCUT2D eigenvalue weighted by molar-refractivity contribution is 5.98. The Labute approximate surface area is 86.4 Å². The Kier molecular flexibility index (Phi) is 2.62. The normalized spacial score (nSPS) is 16.4. The van der Waals surface area contributed by atoms with Crippen LogP contribution in [0, 0.1) is 11.6 Å². The number of rotatable bonds is 1. The maximum atomic E-state index is 12.9. The lowest BCUT2D eigenvalue weighted by Gasteiger charge is -2.12. The molecule has 0 amide bonds. The van der Waals surface area contributed by atoms with Gasteiger partial charge in [-0.05, 0) is 42.2 Å². The molecule has 0 aliphatic heterocycles. The number of carbonyl (C=O) groups is 1. The second-order valence-electron chi connectivity index (χ2n) is 3.65. The Morgan fingerprint density at radius 1 is 1.00 bits per heavy atom. The number of carbonyl (C=O) groups excluding carboxylic acids is 1. The third-order valence-electron chi connectivity index (χ3n) is 2.44. The minimum Gasteiger partial charge on any atom is -0.295 e. The lowest BCUT2D eigenvalue weighted by molar-refractivity contribution is -0.114. The molecule has 1 aromatic rings. The summed E-state index contributed by atoms with van der Waals surface area (Å²) in [6, 6.07) is 3.34. The van der Waals surface area contributed by atoms with Crippen molar-refractivity contribution in [3.05, 3.63) is 41.5 Å². The van der Waals surface area contributed by atoms with Crippen LogP contribution in [0.4, 0.5) is 8.78 Å². The summed E-state index contributed by atoms with van der Waals surface area (Å²) >= 11 is 0. The molecular weight excluding hydrogens is 198 g/mol. The maximum absolute atomic E-state index is 12.9. The molecule has 1 aliphatic rings. The lowest BCUT2D eigenvalue weighted by Crippen LogP contribution is -2.02. The highest BCUT2D eigenvalue weighted by Gasteiger charge is 2.12. The van der Waals surface area contributed by atoms with Crippen LogP contribution in [0.25, 0.3) is 5.57 Å². The van der Waals surface area contributed by atoms with E-state index in [1.54, 1.807) is 0 Å². The van der Waals surface area contributed by atoms with Crippen LogP contribution in [0.1, 0.15) is 24.8 Å². The minimum absolute atomic E-state index is 0.0286. The average Bonchev–Trinajstić information content (AvgIpc) is 2.16. The van der Waals surface area contributed by atoms with Gasteiger partial charge in [0.2, 0.25) is 0 Å². The molecule has 15 heavy (non-hydrogen) atoms. The summed E-state index contributed by atoms with van der Waals surface area (Å²) < 4.78 is 25.9. The molecule has 1 aliphatic carbocycles. The van der Waals surface area contributed by atoms with Crippen molar-refractivity contribution in [1.29, 1.82) is 0 Å². The monoisotopic (exact) mass is 208 g/mol. The first-order valence-corrected chi connectivity index (χ1v) is 4.85. The SMILES string of the molecule is O=C1C=C(c2cc(F)cc(F)c2)CCC1. The van der Waals surface area contributed by atoms with E-state index >= 15 is 0 Å². The number of halogens is 2. The summed E-state index contributed by atoms with van der Waals surface area (Å²) in [7, 11) is 0. The molecule has 1 nitrogen and oxygen atoms in total. The molecule has 0 fully saturated rings. The second-order valence-corrected chi connectivity index (χ2v) is 3.65. The zero-order valence-corrected chi connectivity index (χ0v) is 8.09. The van der Waals surface area contributed by atoms with Gasteiger partial charge < -0.3 is 0 Å². The van der Waals surface area contributed by atoms with Gasteiger partial charge in [-0.15, -0.1) is 0 Å². The van der Waals surface area contributed by atoms with Gasteiger partial charge in [0.15, 0.2) is 5.78 Å². The molecule has 0 bridgehead atoms. The minimum atomic E-state index is -0.607. The molecule has 0 saturated carbocycles. The summed E-state index contributed by atoms with van der Waals surface area (Å²) in [6.07, 6.45) is 3.47. The fraction of sp³-hybridized carbons (Fsp3) is 0.250. The molecular formula is C12H10F2O. The highest BCUT2D eigenvalue weighted by Crippen LogP contribution is 2.26. The molecule has 0 atom stereocenters. The zero-order valence-electron chi connectivity index (χ0n) is 8.09. The van der Waals surface area contributed by atoms with Crippen LogP contribution in [0.15, 0.2) is 24.3 Å². The molecule has 2 rings (SSSR count). The Morgan fingerprint density at radius 3 is 2.27 bits per heavy atom. The number of benzene rings is 1. The smallest absolute Gasteiger partial charge is 0.155 e. The summed E-state index contributed by atoms with van der Waals surface area (Å²) in [5.74, 6) is -1.19. The van der Waals surface area contributed by atoms with Gasteiger partial charge in [0.1, 0.15) is 11.6 Å². The van der Waals surface area contributed by atoms with Crippen molar-refractivity contribution in [3.8, 4) is 0 Å². The Hall–Kier alpha value is -1.51. The van der Waals surface area contributed by atoms with E-state index in [1.807, 2.05) is 0 Å². The van der Waals surface area contributed by atoms with Gasteiger partial charge in [0.25, 0.3) is 0 Å². The van der Waals surface area contributed by atoms with Gasteiger partial charge in [0, 0.05) is 12.5 Å². The maximum Gasteiger partial charge on any atom is 0.155 e. The summed E-state index contributed by atoms with van der Waals surface area (Å²) in [4.78, 5) is 11.2. The number of allylic oxidation sites excluding steroid dienone is 2. The lowest BCUT2D eigenvalue weighted by atomic mass is 9.93. The fourth-order valence-electron chi connectivity index (χ4n) is 1.76. The van der Waals surface area contributed by atoms with Crippen LogP contribution < -0.4 is 0 Å². The third-order valence-corrected chi connectivity index (χ3v) is 2.44. The van der Waals surface area contributed by atoms with E-state index in [-0.39, 0.29) is 5.78 Å². The van der Waals surface area contributed by atoms with Crippen molar-refractivity contribution in [3.63, 3.8) is 0 Å². The van der Waals surface area contributed by atoms with E-state index in [2.05, 4.69) is 0 Å². The van der Waals surface area contributed by atoms with Crippen molar-refractivity contribution in [1.82, 2.24) is 0 Å². The summed E-state index contributed by atoms with van der Waals surface area (Å²) in [5, 5.41) is 0. The second kappa shape index (κ2) is 3.93. The Morgan fingerprint density at radius 2 is 1.67 bits per heavy atom. The molecule has 1 aromatic carbocycles. The Bertz CT molecular complexity index is 415. The standard InChI is InChI=1S/C12H10F2O/c13-10-4-9(5-11(14)7-10)8-2-1-3-12(15)6-8/h4-7H,1-3H2.